The zero-order valence-electron chi connectivity index (χ0n) is 14.1. The molecule has 2 aliphatic rings. The van der Waals surface area contributed by atoms with Gasteiger partial charge in [-0.25, -0.2) is 0 Å². The Hall–Kier alpha value is -2.10. The van der Waals surface area contributed by atoms with Crippen LogP contribution in [0.5, 0.6) is 0 Å². The average molecular weight is 354 g/mol. The summed E-state index contributed by atoms with van der Waals surface area (Å²) in [5, 5.41) is 16.2. The minimum absolute atomic E-state index is 0.102. The molecule has 2 saturated heterocycles. The summed E-state index contributed by atoms with van der Waals surface area (Å²) in [6.07, 6.45) is 2.80. The first-order chi connectivity index (χ1) is 12.2. The van der Waals surface area contributed by atoms with Crippen LogP contribution in [-0.4, -0.2) is 54.0 Å². The van der Waals surface area contributed by atoms with E-state index >= 15 is 0 Å². The van der Waals surface area contributed by atoms with E-state index in [1.165, 1.54) is 15.8 Å². The maximum Gasteiger partial charge on any atom is 0.237 e. The number of rotatable bonds is 4. The van der Waals surface area contributed by atoms with Crippen LogP contribution in [0.1, 0.15) is 19.3 Å². The van der Waals surface area contributed by atoms with Gasteiger partial charge < -0.3 is 10.2 Å². The number of hydrogen-bond donors (Lipinski definition) is 1. The van der Waals surface area contributed by atoms with Crippen molar-refractivity contribution in [3.63, 3.8) is 0 Å². The van der Waals surface area contributed by atoms with E-state index in [4.69, 9.17) is 5.26 Å². The van der Waals surface area contributed by atoms with Gasteiger partial charge in [0.2, 0.25) is 5.91 Å². The van der Waals surface area contributed by atoms with Crippen molar-refractivity contribution >= 4 is 33.0 Å². The van der Waals surface area contributed by atoms with Crippen LogP contribution < -0.4 is 5.32 Å². The van der Waals surface area contributed by atoms with E-state index in [0.717, 1.165) is 38.9 Å². The molecule has 3 heterocycles. The van der Waals surface area contributed by atoms with Gasteiger partial charge in [-0.2, -0.15) is 5.26 Å². The Morgan fingerprint density at radius 3 is 3.12 bits per heavy atom. The van der Waals surface area contributed by atoms with E-state index in [2.05, 4.69) is 45.9 Å². The fourth-order valence-electron chi connectivity index (χ4n) is 3.90. The highest BCUT2D eigenvalue weighted by Crippen LogP contribution is 2.30. The first kappa shape index (κ1) is 16.4. The molecule has 0 bridgehead atoms. The maximum atomic E-state index is 12.5. The molecule has 0 spiro atoms. The van der Waals surface area contributed by atoms with Gasteiger partial charge in [-0.3, -0.25) is 9.69 Å². The van der Waals surface area contributed by atoms with Gasteiger partial charge in [-0.1, -0.05) is 12.1 Å². The number of hydrogen-bond acceptors (Lipinski definition) is 5. The third-order valence-corrected chi connectivity index (χ3v) is 6.16. The van der Waals surface area contributed by atoms with Gasteiger partial charge in [0.15, 0.2) is 0 Å². The van der Waals surface area contributed by atoms with Gasteiger partial charge in [-0.05, 0) is 42.2 Å². The van der Waals surface area contributed by atoms with E-state index in [0.29, 0.717) is 12.6 Å². The summed E-state index contributed by atoms with van der Waals surface area (Å²) >= 11 is 1.76. The molecule has 2 atom stereocenters. The zero-order valence-corrected chi connectivity index (χ0v) is 15.0. The van der Waals surface area contributed by atoms with E-state index in [-0.39, 0.29) is 11.9 Å². The number of amides is 1. The number of likely N-dealkylation sites (tertiary alicyclic amines) is 2. The Morgan fingerprint density at radius 1 is 1.32 bits per heavy atom. The van der Waals surface area contributed by atoms with Crippen molar-refractivity contribution < 1.29 is 4.79 Å². The Labute approximate surface area is 151 Å². The van der Waals surface area contributed by atoms with Crippen molar-refractivity contribution in [2.45, 2.75) is 31.3 Å². The second-order valence-electron chi connectivity index (χ2n) is 6.88. The largest absolute Gasteiger partial charge is 0.380 e. The normalized spacial score (nSPS) is 23.9. The predicted molar refractivity (Wildman–Crippen MR) is 101 cm³/mol. The van der Waals surface area contributed by atoms with Crippen LogP contribution in [-0.2, 0) is 4.79 Å². The molecule has 0 unspecified atom stereocenters. The number of nitrogens with one attached hydrogen (secondary N) is 1. The average Bonchev–Trinajstić information content (AvgIpc) is 3.35. The summed E-state index contributed by atoms with van der Waals surface area (Å²) in [4.78, 5) is 16.5. The molecule has 130 valence electrons. The minimum Gasteiger partial charge on any atom is -0.380 e. The van der Waals surface area contributed by atoms with Crippen LogP contribution in [0.15, 0.2) is 29.6 Å². The maximum absolute atomic E-state index is 12.5. The van der Waals surface area contributed by atoms with Gasteiger partial charge in [0.25, 0.3) is 0 Å². The first-order valence-corrected chi connectivity index (χ1v) is 9.77. The molecule has 1 N–H and O–H groups in total. The number of anilines is 1. The molecule has 0 aliphatic carbocycles. The van der Waals surface area contributed by atoms with Crippen LogP contribution in [0.3, 0.4) is 0 Å². The Morgan fingerprint density at radius 2 is 2.24 bits per heavy atom. The van der Waals surface area contributed by atoms with Crippen molar-refractivity contribution in [2.24, 2.45) is 0 Å². The van der Waals surface area contributed by atoms with Gasteiger partial charge in [-0.15, -0.1) is 11.3 Å². The van der Waals surface area contributed by atoms with E-state index in [9.17, 15) is 4.79 Å². The lowest BCUT2D eigenvalue weighted by molar-refractivity contribution is -0.132. The van der Waals surface area contributed by atoms with E-state index < -0.39 is 0 Å². The van der Waals surface area contributed by atoms with Gasteiger partial charge in [0.1, 0.15) is 6.04 Å². The molecule has 1 amide bonds. The third kappa shape index (κ3) is 3.35. The lowest BCUT2D eigenvalue weighted by Crippen LogP contribution is -2.42. The predicted octanol–water partition coefficient (Wildman–Crippen LogP) is 2.90. The van der Waals surface area contributed by atoms with Crippen molar-refractivity contribution in [3.05, 3.63) is 29.6 Å². The van der Waals surface area contributed by atoms with E-state index in [1.807, 2.05) is 0 Å². The quantitative estimate of drug-likeness (QED) is 0.917. The standard InChI is InChI=1S/C19H22N4OS/c20-11-16-4-2-8-23(16)18(24)13-22-9-6-15(12-22)21-17-5-1-3-14-7-10-25-19(14)17/h1,3,5,7,10,15-16,21H,2,4,6,8-9,12-13H2/t15-,16+/m1/s1. The lowest BCUT2D eigenvalue weighted by atomic mass is 10.2. The van der Waals surface area contributed by atoms with Crippen molar-refractivity contribution in [1.82, 2.24) is 9.80 Å². The highest BCUT2D eigenvalue weighted by atomic mass is 32.1. The summed E-state index contributed by atoms with van der Waals surface area (Å²) in [5.74, 6) is 0.102. The molecule has 1 aromatic heterocycles. The van der Waals surface area contributed by atoms with Crippen LogP contribution in [0.25, 0.3) is 10.1 Å². The molecule has 5 nitrogen and oxygen atoms in total. The topological polar surface area (TPSA) is 59.4 Å². The number of thiophene rings is 1. The van der Waals surface area contributed by atoms with Gasteiger partial charge in [0.05, 0.1) is 23.0 Å². The Bertz CT molecular complexity index is 811. The number of carbonyl (C=O) groups is 1. The lowest BCUT2D eigenvalue weighted by Gasteiger charge is -2.23. The zero-order chi connectivity index (χ0) is 17.2. The molecule has 1 aromatic carbocycles. The molecular formula is C19H22N4OS. The molecule has 0 radical (unpaired) electrons. The first-order valence-electron chi connectivity index (χ1n) is 8.89. The van der Waals surface area contributed by atoms with Crippen LogP contribution in [0.2, 0.25) is 0 Å². The molecule has 25 heavy (non-hydrogen) atoms. The van der Waals surface area contributed by atoms with Crippen LogP contribution in [0.4, 0.5) is 5.69 Å². The molecule has 2 aromatic rings. The second-order valence-corrected chi connectivity index (χ2v) is 7.80. The highest BCUT2D eigenvalue weighted by Gasteiger charge is 2.31. The molecule has 6 heteroatoms. The number of carbonyl (C=O) groups excluding carboxylic acids is 1. The number of nitriles is 1. The van der Waals surface area contributed by atoms with Crippen LogP contribution in [0, 0.1) is 11.3 Å². The molecular weight excluding hydrogens is 332 g/mol. The van der Waals surface area contributed by atoms with Gasteiger partial charge in [0, 0.05) is 25.7 Å². The Balaban J connectivity index is 1.35. The summed E-state index contributed by atoms with van der Waals surface area (Å²) in [7, 11) is 0. The monoisotopic (exact) mass is 354 g/mol. The smallest absolute Gasteiger partial charge is 0.237 e. The van der Waals surface area contributed by atoms with Crippen molar-refractivity contribution in [1.29, 1.82) is 5.26 Å². The third-order valence-electron chi connectivity index (χ3n) is 5.19. The van der Waals surface area contributed by atoms with E-state index in [1.54, 1.807) is 16.2 Å². The number of benzene rings is 1. The van der Waals surface area contributed by atoms with Gasteiger partial charge >= 0.3 is 0 Å². The fourth-order valence-corrected chi connectivity index (χ4v) is 4.78. The molecule has 0 saturated carbocycles. The second kappa shape index (κ2) is 7.03. The Kier molecular flexibility index (Phi) is 4.60. The molecule has 2 fully saturated rings. The number of nitrogens with zero attached hydrogens (tertiary/aromatic N) is 3. The summed E-state index contributed by atoms with van der Waals surface area (Å²) in [5.41, 5.74) is 1.19. The summed E-state index contributed by atoms with van der Waals surface area (Å²) in [6, 6.07) is 10.9. The summed E-state index contributed by atoms with van der Waals surface area (Å²) in [6.45, 7) is 2.96. The fraction of sp³-hybridized carbons (Fsp3) is 0.474. The highest BCUT2D eigenvalue weighted by molar-refractivity contribution is 7.17. The molecule has 4 rings (SSSR count). The summed E-state index contributed by atoms with van der Waals surface area (Å²) < 4.78 is 1.30. The van der Waals surface area contributed by atoms with Crippen LogP contribution >= 0.6 is 11.3 Å². The SMILES string of the molecule is N#C[C@@H]1CCCN1C(=O)CN1CC[C@@H](Nc2cccc3ccsc23)C1. The minimum atomic E-state index is -0.222. The number of fused-ring (bicyclic) bond motifs is 1. The van der Waals surface area contributed by atoms with Crippen molar-refractivity contribution in [3.8, 4) is 6.07 Å². The van der Waals surface area contributed by atoms with Crippen molar-refractivity contribution in [2.75, 3.05) is 31.5 Å². The molecule has 2 aliphatic heterocycles.